The molecule has 1 aromatic heterocycles. The van der Waals surface area contributed by atoms with Gasteiger partial charge in [-0.2, -0.15) is 0 Å². The Morgan fingerprint density at radius 3 is 2.95 bits per heavy atom. The first-order valence-corrected chi connectivity index (χ1v) is 7.05. The Labute approximate surface area is 123 Å². The van der Waals surface area contributed by atoms with E-state index in [9.17, 15) is 4.79 Å². The molecule has 0 saturated heterocycles. The summed E-state index contributed by atoms with van der Waals surface area (Å²) in [7, 11) is 0. The van der Waals surface area contributed by atoms with Gasteiger partial charge in [0.2, 0.25) is 0 Å². The average Bonchev–Trinajstić information content (AvgIpc) is 2.49. The van der Waals surface area contributed by atoms with Crippen molar-refractivity contribution in [3.63, 3.8) is 0 Å². The molecule has 0 saturated carbocycles. The number of fused-ring (bicyclic) bond motifs is 1. The van der Waals surface area contributed by atoms with E-state index in [-0.39, 0.29) is 6.04 Å². The van der Waals surface area contributed by atoms with Crippen LogP contribution < -0.4 is 16.8 Å². The number of amides is 1. The van der Waals surface area contributed by atoms with Gasteiger partial charge in [-0.1, -0.05) is 24.3 Å². The molecule has 1 aromatic carbocycles. The quantitative estimate of drug-likeness (QED) is 0.804. The molecule has 1 heterocycles. The zero-order chi connectivity index (χ0) is 14.8. The monoisotopic (exact) mass is 282 g/mol. The smallest absolute Gasteiger partial charge is 0.252 e. The van der Waals surface area contributed by atoms with Crippen molar-refractivity contribution in [3.05, 3.63) is 53.2 Å². The summed E-state index contributed by atoms with van der Waals surface area (Å²) in [5, 5.41) is 3.35. The summed E-state index contributed by atoms with van der Waals surface area (Å²) >= 11 is 0. The number of nitrogen functional groups attached to an aromatic ring is 1. The van der Waals surface area contributed by atoms with Crippen LogP contribution in [-0.4, -0.2) is 10.9 Å². The maximum atomic E-state index is 11.5. The molecular formula is C16H18N4O. The van der Waals surface area contributed by atoms with Gasteiger partial charge in [0.15, 0.2) is 0 Å². The van der Waals surface area contributed by atoms with Gasteiger partial charge < -0.3 is 16.8 Å². The first-order chi connectivity index (χ1) is 10.1. The molecule has 2 aromatic rings. The molecule has 3 rings (SSSR count). The molecular weight excluding hydrogens is 264 g/mol. The molecule has 0 spiro atoms. The number of anilines is 2. The van der Waals surface area contributed by atoms with Crippen molar-refractivity contribution in [3.8, 4) is 0 Å². The number of hydrogen-bond acceptors (Lipinski definition) is 4. The number of benzene rings is 1. The molecule has 1 unspecified atom stereocenters. The summed E-state index contributed by atoms with van der Waals surface area (Å²) in [5.41, 5.74) is 14.5. The summed E-state index contributed by atoms with van der Waals surface area (Å²) in [4.78, 5) is 15.8. The van der Waals surface area contributed by atoms with Crippen molar-refractivity contribution in [2.75, 3.05) is 11.1 Å². The molecule has 0 bridgehead atoms. The van der Waals surface area contributed by atoms with E-state index in [0.717, 1.165) is 19.3 Å². The third-order valence-corrected chi connectivity index (χ3v) is 3.85. The number of carbonyl (C=O) groups excluding carboxylic acids is 1. The van der Waals surface area contributed by atoms with E-state index < -0.39 is 5.91 Å². The highest BCUT2D eigenvalue weighted by atomic mass is 16.1. The number of aryl methyl sites for hydroxylation is 1. The predicted octanol–water partition coefficient (Wildman–Crippen LogP) is 2.25. The molecule has 0 aliphatic heterocycles. The van der Waals surface area contributed by atoms with Gasteiger partial charge in [0.05, 0.1) is 23.5 Å². The van der Waals surface area contributed by atoms with E-state index in [1.165, 1.54) is 17.3 Å². The van der Waals surface area contributed by atoms with Gasteiger partial charge in [-0.3, -0.25) is 4.79 Å². The summed E-state index contributed by atoms with van der Waals surface area (Å²) in [6.45, 7) is 0. The molecule has 108 valence electrons. The Morgan fingerprint density at radius 2 is 2.14 bits per heavy atom. The SMILES string of the molecule is NC(=O)c1cc(N)cnc1NC1CCCc2ccccc21. The fraction of sp³-hybridized carbons (Fsp3) is 0.250. The number of rotatable bonds is 3. The molecule has 5 N–H and O–H groups in total. The molecule has 1 amide bonds. The average molecular weight is 282 g/mol. The fourth-order valence-electron chi connectivity index (χ4n) is 2.85. The molecule has 21 heavy (non-hydrogen) atoms. The van der Waals surface area contributed by atoms with E-state index in [1.807, 2.05) is 6.07 Å². The van der Waals surface area contributed by atoms with Crippen LogP contribution in [0.1, 0.15) is 40.4 Å². The Hall–Kier alpha value is -2.56. The van der Waals surface area contributed by atoms with Crippen LogP contribution in [0.5, 0.6) is 0 Å². The lowest BCUT2D eigenvalue weighted by Gasteiger charge is -2.27. The second-order valence-electron chi connectivity index (χ2n) is 5.32. The van der Waals surface area contributed by atoms with Gasteiger partial charge in [0, 0.05) is 0 Å². The van der Waals surface area contributed by atoms with E-state index in [4.69, 9.17) is 11.5 Å². The molecule has 1 aliphatic rings. The zero-order valence-electron chi connectivity index (χ0n) is 11.7. The van der Waals surface area contributed by atoms with Gasteiger partial charge >= 0.3 is 0 Å². The third kappa shape index (κ3) is 2.67. The minimum absolute atomic E-state index is 0.143. The van der Waals surface area contributed by atoms with E-state index in [1.54, 1.807) is 6.07 Å². The minimum Gasteiger partial charge on any atom is -0.397 e. The fourth-order valence-corrected chi connectivity index (χ4v) is 2.85. The first-order valence-electron chi connectivity index (χ1n) is 7.05. The van der Waals surface area contributed by atoms with E-state index >= 15 is 0 Å². The van der Waals surface area contributed by atoms with E-state index in [0.29, 0.717) is 17.1 Å². The lowest BCUT2D eigenvalue weighted by atomic mass is 9.87. The maximum absolute atomic E-state index is 11.5. The van der Waals surface area contributed by atoms with Crippen LogP contribution in [-0.2, 0) is 6.42 Å². The first kappa shape index (κ1) is 13.4. The Bertz CT molecular complexity index is 684. The number of aromatic nitrogens is 1. The number of carbonyl (C=O) groups is 1. The van der Waals surface area contributed by atoms with Gasteiger partial charge in [0.1, 0.15) is 5.82 Å². The molecule has 1 atom stereocenters. The highest BCUT2D eigenvalue weighted by Crippen LogP contribution is 2.32. The van der Waals surface area contributed by atoms with Crippen LogP contribution in [0.3, 0.4) is 0 Å². The second kappa shape index (κ2) is 5.44. The van der Waals surface area contributed by atoms with Crippen molar-refractivity contribution in [2.24, 2.45) is 5.73 Å². The van der Waals surface area contributed by atoms with Crippen LogP contribution in [0, 0.1) is 0 Å². The number of primary amides is 1. The lowest BCUT2D eigenvalue weighted by Crippen LogP contribution is -2.21. The van der Waals surface area contributed by atoms with Crippen LogP contribution in [0.2, 0.25) is 0 Å². The largest absolute Gasteiger partial charge is 0.397 e. The third-order valence-electron chi connectivity index (χ3n) is 3.85. The van der Waals surface area contributed by atoms with Crippen molar-refractivity contribution in [1.82, 2.24) is 4.98 Å². The highest BCUT2D eigenvalue weighted by Gasteiger charge is 2.21. The van der Waals surface area contributed by atoms with E-state index in [2.05, 4.69) is 28.5 Å². The molecule has 0 fully saturated rings. The second-order valence-corrected chi connectivity index (χ2v) is 5.32. The van der Waals surface area contributed by atoms with Gasteiger partial charge in [-0.05, 0) is 36.5 Å². The standard InChI is InChI=1S/C16H18N4O/c17-11-8-13(15(18)21)16(19-9-11)20-14-7-3-5-10-4-1-2-6-12(10)14/h1-2,4,6,8-9,14H,3,5,7,17H2,(H2,18,21)(H,19,20). The van der Waals surface area contributed by atoms with Crippen LogP contribution in [0.15, 0.2) is 36.5 Å². The van der Waals surface area contributed by atoms with Crippen molar-refractivity contribution in [2.45, 2.75) is 25.3 Å². The van der Waals surface area contributed by atoms with Crippen LogP contribution in [0.25, 0.3) is 0 Å². The molecule has 1 aliphatic carbocycles. The maximum Gasteiger partial charge on any atom is 0.252 e. The van der Waals surface area contributed by atoms with Gasteiger partial charge in [-0.25, -0.2) is 4.98 Å². The van der Waals surface area contributed by atoms with Crippen molar-refractivity contribution < 1.29 is 4.79 Å². The number of nitrogens with one attached hydrogen (secondary N) is 1. The Balaban J connectivity index is 1.93. The highest BCUT2D eigenvalue weighted by molar-refractivity contribution is 5.98. The number of hydrogen-bond donors (Lipinski definition) is 3. The minimum atomic E-state index is -0.526. The van der Waals surface area contributed by atoms with Crippen LogP contribution >= 0.6 is 0 Å². The summed E-state index contributed by atoms with van der Waals surface area (Å²) in [6, 6.07) is 10.1. The van der Waals surface area contributed by atoms with Crippen molar-refractivity contribution >= 4 is 17.4 Å². The van der Waals surface area contributed by atoms with Crippen molar-refractivity contribution in [1.29, 1.82) is 0 Å². The molecule has 5 nitrogen and oxygen atoms in total. The predicted molar refractivity (Wildman–Crippen MR) is 82.9 cm³/mol. The normalized spacial score (nSPS) is 17.0. The van der Waals surface area contributed by atoms with Crippen LogP contribution in [0.4, 0.5) is 11.5 Å². The van der Waals surface area contributed by atoms with Gasteiger partial charge in [-0.15, -0.1) is 0 Å². The Morgan fingerprint density at radius 1 is 1.33 bits per heavy atom. The number of nitrogens with zero attached hydrogens (tertiary/aromatic N) is 1. The Kier molecular flexibility index (Phi) is 3.48. The summed E-state index contributed by atoms with van der Waals surface area (Å²) < 4.78 is 0. The zero-order valence-corrected chi connectivity index (χ0v) is 11.7. The lowest BCUT2D eigenvalue weighted by molar-refractivity contribution is 0.100. The summed E-state index contributed by atoms with van der Waals surface area (Å²) in [5.74, 6) is -0.0280. The topological polar surface area (TPSA) is 94.0 Å². The van der Waals surface area contributed by atoms with Gasteiger partial charge in [0.25, 0.3) is 5.91 Å². The number of pyridine rings is 1. The molecule has 0 radical (unpaired) electrons. The summed E-state index contributed by atoms with van der Waals surface area (Å²) in [6.07, 6.45) is 4.73. The molecule has 5 heteroatoms. The number of nitrogens with two attached hydrogens (primary N) is 2.